The molecule has 14 nitrogen and oxygen atoms in total. The van der Waals surface area contributed by atoms with Gasteiger partial charge in [-0.2, -0.15) is 4.73 Å². The Morgan fingerprint density at radius 1 is 0.981 bits per heavy atom. The molecule has 0 aliphatic carbocycles. The van der Waals surface area contributed by atoms with Crippen LogP contribution in [-0.2, 0) is 32.6 Å². The molecule has 0 bridgehead atoms. The number of carbonyl (C=O) groups is 1. The maximum atomic E-state index is 13.9. The van der Waals surface area contributed by atoms with Gasteiger partial charge in [0.15, 0.2) is 6.20 Å². The first-order chi connectivity index (χ1) is 25.0. The Labute approximate surface area is 300 Å². The van der Waals surface area contributed by atoms with Gasteiger partial charge in [0.2, 0.25) is 11.6 Å². The van der Waals surface area contributed by atoms with Gasteiger partial charge in [0.05, 0.1) is 25.8 Å². The van der Waals surface area contributed by atoms with Crippen LogP contribution in [0.1, 0.15) is 27.9 Å². The normalized spacial score (nSPS) is 12.5. The van der Waals surface area contributed by atoms with Gasteiger partial charge in [-0.05, 0) is 24.1 Å². The number of nitrogens with one attached hydrogen (secondary N) is 2. The highest BCUT2D eigenvalue weighted by Gasteiger charge is 2.39. The smallest absolute Gasteiger partial charge is 0.347 e. The number of aromatic nitrogens is 3. The average molecular weight is 730 g/mol. The number of amides is 1. The molecule has 0 spiro atoms. The van der Waals surface area contributed by atoms with Crippen LogP contribution in [0.15, 0.2) is 119 Å². The summed E-state index contributed by atoms with van der Waals surface area (Å²) < 4.78 is 31.4. The van der Waals surface area contributed by atoms with Crippen molar-refractivity contribution in [3.8, 4) is 11.5 Å². The van der Waals surface area contributed by atoms with Gasteiger partial charge in [0.25, 0.3) is 5.56 Å². The van der Waals surface area contributed by atoms with Crippen LogP contribution in [0.4, 0.5) is 0 Å². The molecule has 3 N–H and O–H groups in total. The lowest BCUT2D eigenvalue weighted by Crippen LogP contribution is -2.49. The Morgan fingerprint density at radius 2 is 1.62 bits per heavy atom. The minimum Gasteiger partial charge on any atom is -0.618 e. The molecule has 2 heterocycles. The second-order valence-electron chi connectivity index (χ2n) is 11.9. The van der Waals surface area contributed by atoms with Crippen molar-refractivity contribution >= 4 is 13.5 Å². The molecule has 0 aliphatic rings. The first-order valence-electron chi connectivity index (χ1n) is 16.3. The number of ether oxygens (including phenoxy) is 2. The molecule has 1 atom stereocenters. The van der Waals surface area contributed by atoms with E-state index in [4.69, 9.17) is 14.0 Å². The molecule has 0 saturated heterocycles. The fourth-order valence-electron chi connectivity index (χ4n) is 5.91. The number of rotatable bonds is 16. The van der Waals surface area contributed by atoms with Gasteiger partial charge in [0, 0.05) is 36.5 Å². The van der Waals surface area contributed by atoms with Crippen molar-refractivity contribution < 1.29 is 33.0 Å². The highest BCUT2D eigenvalue weighted by molar-refractivity contribution is 7.52. The van der Waals surface area contributed by atoms with Crippen LogP contribution in [-0.4, -0.2) is 58.8 Å². The first-order valence-corrected chi connectivity index (χ1v) is 18.0. The lowest BCUT2D eigenvalue weighted by atomic mass is 9.76. The minimum absolute atomic E-state index is 0.00995. The Bertz CT molecular complexity index is 2120. The molecule has 52 heavy (non-hydrogen) atoms. The van der Waals surface area contributed by atoms with Crippen molar-refractivity contribution in [1.29, 1.82) is 0 Å². The van der Waals surface area contributed by atoms with Crippen LogP contribution in [0.5, 0.6) is 11.5 Å². The minimum atomic E-state index is -4.59. The van der Waals surface area contributed by atoms with Crippen LogP contribution in [0.2, 0.25) is 0 Å². The molecule has 15 heteroatoms. The topological polar surface area (TPSA) is 179 Å². The number of aromatic amines is 1. The molecule has 5 rings (SSSR count). The van der Waals surface area contributed by atoms with Crippen molar-refractivity contribution in [2.24, 2.45) is 0 Å². The molecular weight excluding hydrogens is 689 g/mol. The van der Waals surface area contributed by atoms with Crippen LogP contribution >= 0.6 is 7.60 Å². The molecule has 0 radical (unpaired) electrons. The molecule has 0 fully saturated rings. The largest absolute Gasteiger partial charge is 0.618 e. The summed E-state index contributed by atoms with van der Waals surface area (Å²) in [4.78, 5) is 52.8. The molecule has 3 aromatic carbocycles. The van der Waals surface area contributed by atoms with E-state index in [2.05, 4.69) is 10.3 Å². The zero-order valence-electron chi connectivity index (χ0n) is 28.9. The summed E-state index contributed by atoms with van der Waals surface area (Å²) in [6.45, 7) is 0.348. The van der Waals surface area contributed by atoms with E-state index in [0.29, 0.717) is 16.2 Å². The number of pyridine rings is 1. The summed E-state index contributed by atoms with van der Waals surface area (Å²) in [5.74, 6) is 0.249. The van der Waals surface area contributed by atoms with Crippen molar-refractivity contribution in [1.82, 2.24) is 19.8 Å². The molecule has 0 aliphatic heterocycles. The summed E-state index contributed by atoms with van der Waals surface area (Å²) in [5, 5.41) is 16.0. The zero-order chi connectivity index (χ0) is 37.3. The molecule has 272 valence electrons. The quantitative estimate of drug-likeness (QED) is 0.0591. The van der Waals surface area contributed by atoms with Crippen LogP contribution < -0.4 is 30.8 Å². The fourth-order valence-corrected chi connectivity index (χ4v) is 7.06. The van der Waals surface area contributed by atoms with E-state index in [1.807, 2.05) is 84.9 Å². The Kier molecular flexibility index (Phi) is 12.1. The number of hydrogen-bond acceptors (Lipinski definition) is 9. The van der Waals surface area contributed by atoms with Gasteiger partial charge in [-0.3, -0.25) is 33.5 Å². The van der Waals surface area contributed by atoms with E-state index in [1.54, 1.807) is 7.11 Å². The van der Waals surface area contributed by atoms with Crippen LogP contribution in [0, 0.1) is 12.1 Å². The predicted molar refractivity (Wildman–Crippen MR) is 193 cm³/mol. The number of hydrogen-bond donors (Lipinski definition) is 3. The van der Waals surface area contributed by atoms with Crippen LogP contribution in [0.25, 0.3) is 0 Å². The third-order valence-corrected chi connectivity index (χ3v) is 9.74. The van der Waals surface area contributed by atoms with Crippen molar-refractivity contribution in [3.63, 3.8) is 0 Å². The summed E-state index contributed by atoms with van der Waals surface area (Å²) >= 11 is 0. The van der Waals surface area contributed by atoms with E-state index in [1.165, 1.54) is 38.6 Å². The Balaban J connectivity index is 1.49. The zero-order valence-corrected chi connectivity index (χ0v) is 29.8. The van der Waals surface area contributed by atoms with E-state index >= 15 is 0 Å². The number of para-hydroxylation sites is 1. The molecule has 2 aromatic heterocycles. The molecule has 0 saturated carbocycles. The summed E-state index contributed by atoms with van der Waals surface area (Å²) in [7, 11) is -1.60. The number of carbonyl (C=O) groups excluding carboxylic acids is 1. The third kappa shape index (κ3) is 8.67. The summed E-state index contributed by atoms with van der Waals surface area (Å²) in [5.41, 5.74) is 0.285. The number of methoxy groups -OCH3 is 2. The van der Waals surface area contributed by atoms with Crippen molar-refractivity contribution in [2.75, 3.05) is 33.6 Å². The molecule has 1 unspecified atom stereocenters. The standard InChI is InChI=1S/C37H40N5O9P/c1-27-23-41(36(45)39-35(27)44)24-34(43)40(26-52(47,48)51-25-30-22-31(49-2)18-20-42(30)46)21-19-38-37(28-12-6-4-7-13-28,29-14-8-5-9-15-29)32-16-10-11-17-33(32)50-3/h4-18,20,22-23,38H,19,21,24-26H2,1-3H3,(H,47,48)(H,39,44,45). The van der Waals surface area contributed by atoms with E-state index < -0.39 is 49.7 Å². The SMILES string of the molecule is COc1cc[n+]([O-])c(COP(=O)(O)CN(CCNC(c2ccccc2)(c2ccccc2)c2ccccc2OC)C(=O)Cn2cc(C)c(=O)[nH]c2=O)c1. The maximum absolute atomic E-state index is 13.9. The van der Waals surface area contributed by atoms with E-state index in [0.717, 1.165) is 26.2 Å². The van der Waals surface area contributed by atoms with Gasteiger partial charge >= 0.3 is 13.3 Å². The molecule has 5 aromatic rings. The second-order valence-corrected chi connectivity index (χ2v) is 13.7. The van der Waals surface area contributed by atoms with Crippen molar-refractivity contribution in [3.05, 3.63) is 163 Å². The lowest BCUT2D eigenvalue weighted by molar-refractivity contribution is -0.616. The first kappa shape index (κ1) is 37.7. The monoisotopic (exact) mass is 729 g/mol. The number of nitrogens with zero attached hydrogens (tertiary/aromatic N) is 3. The number of H-pyrrole nitrogens is 1. The van der Waals surface area contributed by atoms with Gasteiger partial charge in [-0.25, -0.2) is 4.79 Å². The lowest BCUT2D eigenvalue weighted by Gasteiger charge is -2.38. The molecule has 1 amide bonds. The summed E-state index contributed by atoms with van der Waals surface area (Å²) in [6.07, 6.45) is 1.66. The number of benzene rings is 3. The van der Waals surface area contributed by atoms with Crippen LogP contribution in [0.3, 0.4) is 0 Å². The fraction of sp³-hybridized carbons (Fsp3) is 0.243. The van der Waals surface area contributed by atoms with Crippen molar-refractivity contribution in [2.45, 2.75) is 25.6 Å². The van der Waals surface area contributed by atoms with E-state index in [9.17, 15) is 29.0 Å². The second kappa shape index (κ2) is 16.7. The highest BCUT2D eigenvalue weighted by atomic mass is 31.2. The maximum Gasteiger partial charge on any atom is 0.347 e. The van der Waals surface area contributed by atoms with Gasteiger partial charge in [-0.15, -0.1) is 0 Å². The average Bonchev–Trinajstić information content (AvgIpc) is 3.15. The highest BCUT2D eigenvalue weighted by Crippen LogP contribution is 2.44. The third-order valence-electron chi connectivity index (χ3n) is 8.51. The Morgan fingerprint density at radius 3 is 2.25 bits per heavy atom. The van der Waals surface area contributed by atoms with Gasteiger partial charge < -0.3 is 24.5 Å². The Hall–Kier alpha value is -5.53. The molecular formula is C37H40N5O9P. The van der Waals surface area contributed by atoms with Gasteiger partial charge in [-0.1, -0.05) is 78.9 Å². The van der Waals surface area contributed by atoms with Gasteiger partial charge in [0.1, 0.15) is 30.9 Å². The summed E-state index contributed by atoms with van der Waals surface area (Å²) in [6, 6.07) is 29.7. The number of aryl methyl sites for hydroxylation is 1. The van der Waals surface area contributed by atoms with E-state index in [-0.39, 0.29) is 24.3 Å². The predicted octanol–water partition coefficient (Wildman–Crippen LogP) is 3.27.